The van der Waals surface area contributed by atoms with Crippen LogP contribution in [-0.4, -0.2) is 16.6 Å². The van der Waals surface area contributed by atoms with Gasteiger partial charge in [-0.2, -0.15) is 0 Å². The molecule has 1 rings (SSSR count). The zero-order valence-electron chi connectivity index (χ0n) is 6.46. The van der Waals surface area contributed by atoms with Crippen molar-refractivity contribution in [2.75, 3.05) is 16.6 Å². The largest absolute Gasteiger partial charge is 0.0741 e. The van der Waals surface area contributed by atoms with E-state index >= 15 is 0 Å². The minimum atomic E-state index is 0.959. The Kier molecular flexibility index (Phi) is 7.18. The minimum Gasteiger partial charge on any atom is -0.0741 e. The second-order valence-electron chi connectivity index (χ2n) is 1.87. The zero-order chi connectivity index (χ0) is 8.49. The van der Waals surface area contributed by atoms with Crippen molar-refractivity contribution in [1.29, 1.82) is 0 Å². The summed E-state index contributed by atoms with van der Waals surface area (Å²) in [6.45, 7) is 0. The van der Waals surface area contributed by atoms with Crippen LogP contribution in [0.5, 0.6) is 0 Å². The van der Waals surface area contributed by atoms with Crippen LogP contribution in [0.3, 0.4) is 0 Å². The number of rotatable bonds is 0. The lowest BCUT2D eigenvalue weighted by Gasteiger charge is -1.92. The van der Waals surface area contributed by atoms with Crippen LogP contribution >= 0.6 is 47.0 Å². The topological polar surface area (TPSA) is 0 Å². The Balaban J connectivity index is 2.26. The molecule has 0 nitrogen and oxygen atoms in total. The van der Waals surface area contributed by atoms with Gasteiger partial charge in [0, 0.05) is 11.5 Å². The highest BCUT2D eigenvalue weighted by Gasteiger charge is 1.88. The Labute approximate surface area is 90.8 Å². The summed E-state index contributed by atoms with van der Waals surface area (Å²) in [5.41, 5.74) is 0. The molecule has 0 aromatic rings. The van der Waals surface area contributed by atoms with Crippen LogP contribution in [0.2, 0.25) is 0 Å². The highest BCUT2D eigenvalue weighted by Crippen LogP contribution is 2.13. The quantitative estimate of drug-likeness (QED) is 0.588. The summed E-state index contributed by atoms with van der Waals surface area (Å²) in [6.07, 6.45) is 1.20. The van der Waals surface area contributed by atoms with E-state index in [1.54, 1.807) is 47.0 Å². The van der Waals surface area contributed by atoms with Crippen molar-refractivity contribution in [3.8, 4) is 21.0 Å². The van der Waals surface area contributed by atoms with Crippen molar-refractivity contribution in [2.24, 2.45) is 0 Å². The average molecular weight is 232 g/mol. The Morgan fingerprint density at radius 2 is 1.17 bits per heavy atom. The van der Waals surface area contributed by atoms with E-state index in [9.17, 15) is 0 Å². The first-order valence-corrected chi connectivity index (χ1v) is 7.41. The van der Waals surface area contributed by atoms with Crippen LogP contribution in [0, 0.1) is 21.0 Å². The Morgan fingerprint density at radius 3 is 1.75 bits per heavy atom. The molecule has 0 saturated carbocycles. The number of hydrogen-bond donors (Lipinski definition) is 0. The lowest BCUT2D eigenvalue weighted by atomic mass is 10.6. The maximum Gasteiger partial charge on any atom is 0.0639 e. The van der Waals surface area contributed by atoms with E-state index in [2.05, 4.69) is 21.0 Å². The van der Waals surface area contributed by atoms with Crippen LogP contribution in [0.15, 0.2) is 0 Å². The third-order valence-corrected chi connectivity index (χ3v) is 4.16. The molecule has 64 valence electrons. The van der Waals surface area contributed by atoms with Crippen LogP contribution in [0.25, 0.3) is 0 Å². The lowest BCUT2D eigenvalue weighted by Crippen LogP contribution is -1.80. The van der Waals surface area contributed by atoms with E-state index < -0.39 is 0 Å². The first-order valence-electron chi connectivity index (χ1n) is 3.47. The third kappa shape index (κ3) is 6.08. The molecule has 0 N–H and O–H groups in total. The molecular formula is C8H8S4. The molecule has 4 heteroatoms. The monoisotopic (exact) mass is 232 g/mol. The SMILES string of the molecule is C1#CSCSC#CSCCCS1. The molecule has 12 heavy (non-hydrogen) atoms. The van der Waals surface area contributed by atoms with Gasteiger partial charge >= 0.3 is 0 Å². The molecule has 0 aromatic heterocycles. The van der Waals surface area contributed by atoms with Crippen molar-refractivity contribution >= 4 is 47.0 Å². The molecule has 0 amide bonds. The molecule has 0 fully saturated rings. The Morgan fingerprint density at radius 1 is 0.667 bits per heavy atom. The highest BCUT2D eigenvalue weighted by atomic mass is 32.2. The fourth-order valence-corrected chi connectivity index (χ4v) is 3.13. The predicted octanol–water partition coefficient (Wildman–Crippen LogP) is 3.12. The van der Waals surface area contributed by atoms with E-state index in [4.69, 9.17) is 0 Å². The molecule has 1 aliphatic rings. The van der Waals surface area contributed by atoms with Gasteiger partial charge in [-0.25, -0.2) is 0 Å². The molecule has 1 aliphatic heterocycles. The molecule has 0 aromatic carbocycles. The van der Waals surface area contributed by atoms with Crippen molar-refractivity contribution < 1.29 is 0 Å². The molecular weight excluding hydrogens is 224 g/mol. The summed E-state index contributed by atoms with van der Waals surface area (Å²) < 4.78 is 0. The summed E-state index contributed by atoms with van der Waals surface area (Å²) in [4.78, 5) is 0. The molecule has 0 unspecified atom stereocenters. The lowest BCUT2D eigenvalue weighted by molar-refractivity contribution is 1.13. The predicted molar refractivity (Wildman–Crippen MR) is 65.1 cm³/mol. The van der Waals surface area contributed by atoms with Crippen LogP contribution in [-0.2, 0) is 0 Å². The van der Waals surface area contributed by atoms with Gasteiger partial charge in [0.2, 0.25) is 0 Å². The third-order valence-electron chi connectivity index (χ3n) is 0.983. The Bertz CT molecular complexity index is 203. The second kappa shape index (κ2) is 8.13. The van der Waals surface area contributed by atoms with E-state index in [1.807, 2.05) is 0 Å². The van der Waals surface area contributed by atoms with Crippen molar-refractivity contribution in [3.63, 3.8) is 0 Å². The maximum absolute atomic E-state index is 3.06. The molecule has 0 atom stereocenters. The van der Waals surface area contributed by atoms with Gasteiger partial charge in [0.25, 0.3) is 0 Å². The van der Waals surface area contributed by atoms with E-state index in [1.165, 1.54) is 6.42 Å². The van der Waals surface area contributed by atoms with Gasteiger partial charge in [0.05, 0.1) is 5.08 Å². The summed E-state index contributed by atoms with van der Waals surface area (Å²) in [5.74, 6) is 2.27. The van der Waals surface area contributed by atoms with Crippen molar-refractivity contribution in [1.82, 2.24) is 0 Å². The van der Waals surface area contributed by atoms with Gasteiger partial charge in [0.1, 0.15) is 0 Å². The summed E-state index contributed by atoms with van der Waals surface area (Å²) >= 11 is 6.70. The smallest absolute Gasteiger partial charge is 0.0639 e. The van der Waals surface area contributed by atoms with Gasteiger partial charge in [0.15, 0.2) is 0 Å². The molecule has 0 radical (unpaired) electrons. The van der Waals surface area contributed by atoms with Crippen LogP contribution in [0.4, 0.5) is 0 Å². The average Bonchev–Trinajstić information content (AvgIpc) is 2.05. The fourth-order valence-electron chi connectivity index (χ4n) is 0.512. The normalized spacial score (nSPS) is 18.7. The van der Waals surface area contributed by atoms with Gasteiger partial charge in [-0.15, -0.1) is 0 Å². The first-order chi connectivity index (χ1) is 6.00. The fraction of sp³-hybridized carbons (Fsp3) is 0.500. The summed E-state index contributed by atoms with van der Waals surface area (Å²) in [7, 11) is 0. The van der Waals surface area contributed by atoms with Crippen LogP contribution in [0.1, 0.15) is 6.42 Å². The second-order valence-corrected chi connectivity index (χ2v) is 5.60. The Hall–Kier alpha value is 0.520. The molecule has 0 saturated heterocycles. The van der Waals surface area contributed by atoms with Crippen molar-refractivity contribution in [3.05, 3.63) is 0 Å². The summed E-state index contributed by atoms with van der Waals surface area (Å²) in [5, 5.41) is 13.2. The molecule has 0 spiro atoms. The zero-order valence-corrected chi connectivity index (χ0v) is 9.73. The van der Waals surface area contributed by atoms with E-state index in [0.717, 1.165) is 16.6 Å². The molecule has 0 bridgehead atoms. The molecule has 1 heterocycles. The van der Waals surface area contributed by atoms with E-state index in [-0.39, 0.29) is 0 Å². The standard InChI is InChI=1S/C8H8S4/c1-2-9-4-6-11-8-12-7-5-10-3-1/h1-3,8H2. The highest BCUT2D eigenvalue weighted by molar-refractivity contribution is 8.20. The number of thioether (sulfide) groups is 4. The summed E-state index contributed by atoms with van der Waals surface area (Å²) in [6, 6.07) is 0. The molecule has 0 aliphatic carbocycles. The minimum absolute atomic E-state index is 0.959. The number of hydrogen-bond acceptors (Lipinski definition) is 4. The van der Waals surface area contributed by atoms with Gasteiger partial charge in [-0.1, -0.05) is 47.0 Å². The first kappa shape index (κ1) is 10.6. The maximum atomic E-state index is 3.06. The van der Waals surface area contributed by atoms with Gasteiger partial charge in [-0.05, 0) is 27.4 Å². The van der Waals surface area contributed by atoms with Crippen LogP contribution < -0.4 is 0 Å². The van der Waals surface area contributed by atoms with Gasteiger partial charge in [-0.3, -0.25) is 0 Å². The van der Waals surface area contributed by atoms with Crippen molar-refractivity contribution in [2.45, 2.75) is 6.42 Å². The van der Waals surface area contributed by atoms with Gasteiger partial charge < -0.3 is 0 Å². The van der Waals surface area contributed by atoms with E-state index in [0.29, 0.717) is 0 Å².